The van der Waals surface area contributed by atoms with Gasteiger partial charge in [0.1, 0.15) is 5.78 Å². The van der Waals surface area contributed by atoms with Crippen LogP contribution in [0, 0.1) is 17.8 Å². The van der Waals surface area contributed by atoms with Crippen molar-refractivity contribution in [2.24, 2.45) is 17.8 Å². The molecule has 0 spiro atoms. The highest BCUT2D eigenvalue weighted by Crippen LogP contribution is 2.36. The lowest BCUT2D eigenvalue weighted by Crippen LogP contribution is -2.36. The lowest BCUT2D eigenvalue weighted by Gasteiger charge is -2.34. The molecule has 2 fully saturated rings. The normalized spacial score (nSPS) is 25.4. The molecule has 1 saturated heterocycles. The number of aromatic nitrogens is 2. The van der Waals surface area contributed by atoms with Crippen LogP contribution in [0.3, 0.4) is 0 Å². The van der Waals surface area contributed by atoms with Crippen molar-refractivity contribution < 1.29 is 4.79 Å². The first-order valence-electron chi connectivity index (χ1n) is 10.2. The van der Waals surface area contributed by atoms with E-state index >= 15 is 0 Å². The predicted molar refractivity (Wildman–Crippen MR) is 102 cm³/mol. The minimum absolute atomic E-state index is 0.295. The monoisotopic (exact) mass is 343 g/mol. The Morgan fingerprint density at radius 2 is 1.68 bits per heavy atom. The first-order chi connectivity index (χ1) is 12.1. The molecule has 1 saturated carbocycles. The molecule has 0 atom stereocenters. The number of piperidine rings is 1. The summed E-state index contributed by atoms with van der Waals surface area (Å²) in [7, 11) is 0. The molecule has 1 aromatic rings. The fourth-order valence-corrected chi connectivity index (χ4v) is 4.51. The Balaban J connectivity index is 1.54. The first-order valence-corrected chi connectivity index (χ1v) is 10.2. The van der Waals surface area contributed by atoms with E-state index in [2.05, 4.69) is 28.7 Å². The molecule has 1 aromatic heterocycles. The van der Waals surface area contributed by atoms with Gasteiger partial charge in [0.05, 0.1) is 0 Å². The SMILES string of the molecule is CCC(=O)C1CCC(c2cnc(N3CCC(C(C)C)CC3)nc2)CC1. The molecule has 4 heteroatoms. The zero-order chi connectivity index (χ0) is 17.8. The molecule has 0 N–H and O–H groups in total. The molecule has 25 heavy (non-hydrogen) atoms. The molecule has 2 aliphatic rings. The number of anilines is 1. The quantitative estimate of drug-likeness (QED) is 0.784. The number of hydrogen-bond donors (Lipinski definition) is 0. The highest BCUT2D eigenvalue weighted by molar-refractivity contribution is 5.80. The van der Waals surface area contributed by atoms with Crippen LogP contribution in [0.1, 0.15) is 77.2 Å². The number of nitrogens with zero attached hydrogens (tertiary/aromatic N) is 3. The lowest BCUT2D eigenvalue weighted by molar-refractivity contribution is -0.123. The summed E-state index contributed by atoms with van der Waals surface area (Å²) in [5.74, 6) is 3.78. The minimum atomic E-state index is 0.295. The first kappa shape index (κ1) is 18.3. The lowest BCUT2D eigenvalue weighted by atomic mass is 9.77. The molecule has 1 aliphatic heterocycles. The second-order valence-electron chi connectivity index (χ2n) is 8.25. The van der Waals surface area contributed by atoms with E-state index < -0.39 is 0 Å². The molecular weight excluding hydrogens is 310 g/mol. The number of Topliss-reactive ketones (excluding diaryl/α,β-unsaturated/α-hetero) is 1. The number of hydrogen-bond acceptors (Lipinski definition) is 4. The van der Waals surface area contributed by atoms with E-state index in [0.29, 0.717) is 24.0 Å². The van der Waals surface area contributed by atoms with E-state index in [1.54, 1.807) is 0 Å². The third-order valence-corrected chi connectivity index (χ3v) is 6.43. The van der Waals surface area contributed by atoms with Gasteiger partial charge in [-0.15, -0.1) is 0 Å². The predicted octanol–water partition coefficient (Wildman–Crippen LogP) is 4.60. The molecule has 0 bridgehead atoms. The van der Waals surface area contributed by atoms with Crippen molar-refractivity contribution in [2.45, 2.75) is 71.6 Å². The average Bonchev–Trinajstić information content (AvgIpc) is 2.67. The number of rotatable bonds is 5. The van der Waals surface area contributed by atoms with Crippen molar-refractivity contribution >= 4 is 11.7 Å². The minimum Gasteiger partial charge on any atom is -0.341 e. The molecule has 2 heterocycles. The van der Waals surface area contributed by atoms with Crippen molar-refractivity contribution in [3.05, 3.63) is 18.0 Å². The van der Waals surface area contributed by atoms with Crippen LogP contribution in [0.5, 0.6) is 0 Å². The van der Waals surface area contributed by atoms with Gasteiger partial charge in [-0.1, -0.05) is 20.8 Å². The summed E-state index contributed by atoms with van der Waals surface area (Å²) in [4.78, 5) is 23.5. The van der Waals surface area contributed by atoms with Crippen molar-refractivity contribution in [3.8, 4) is 0 Å². The summed E-state index contributed by atoms with van der Waals surface area (Å²) in [5, 5.41) is 0. The summed E-state index contributed by atoms with van der Waals surface area (Å²) < 4.78 is 0. The van der Waals surface area contributed by atoms with Crippen molar-refractivity contribution in [2.75, 3.05) is 18.0 Å². The van der Waals surface area contributed by atoms with E-state index in [1.807, 2.05) is 19.3 Å². The number of carbonyl (C=O) groups excluding carboxylic acids is 1. The third kappa shape index (κ3) is 4.39. The highest BCUT2D eigenvalue weighted by Gasteiger charge is 2.27. The van der Waals surface area contributed by atoms with Crippen molar-refractivity contribution in [3.63, 3.8) is 0 Å². The van der Waals surface area contributed by atoms with Gasteiger partial charge in [-0.25, -0.2) is 9.97 Å². The standard InChI is InChI=1S/C21H33N3O/c1-4-20(25)18-7-5-17(6-8-18)19-13-22-21(23-14-19)24-11-9-16(10-12-24)15(2)3/h13-18H,4-12H2,1-3H3. The molecular formula is C21H33N3O. The van der Waals surface area contributed by atoms with Crippen LogP contribution in [0.4, 0.5) is 5.95 Å². The van der Waals surface area contributed by atoms with Gasteiger partial charge in [-0.3, -0.25) is 4.79 Å². The van der Waals surface area contributed by atoms with Gasteiger partial charge < -0.3 is 4.90 Å². The van der Waals surface area contributed by atoms with Gasteiger partial charge in [0.2, 0.25) is 5.95 Å². The molecule has 1 aliphatic carbocycles. The molecule has 0 amide bonds. The van der Waals surface area contributed by atoms with E-state index in [1.165, 1.54) is 18.4 Å². The Hall–Kier alpha value is -1.45. The van der Waals surface area contributed by atoms with E-state index in [4.69, 9.17) is 0 Å². The van der Waals surface area contributed by atoms with Crippen molar-refractivity contribution in [1.29, 1.82) is 0 Å². The smallest absolute Gasteiger partial charge is 0.225 e. The summed E-state index contributed by atoms with van der Waals surface area (Å²) >= 11 is 0. The van der Waals surface area contributed by atoms with Crippen LogP contribution >= 0.6 is 0 Å². The van der Waals surface area contributed by atoms with Gasteiger partial charge in [0, 0.05) is 37.8 Å². The number of ketones is 1. The molecule has 138 valence electrons. The molecule has 0 radical (unpaired) electrons. The van der Waals surface area contributed by atoms with E-state index in [-0.39, 0.29) is 0 Å². The fraction of sp³-hybridized carbons (Fsp3) is 0.762. The average molecular weight is 344 g/mol. The summed E-state index contributed by atoms with van der Waals surface area (Å²) in [6, 6.07) is 0. The molecule has 3 rings (SSSR count). The largest absolute Gasteiger partial charge is 0.341 e. The Bertz CT molecular complexity index is 553. The molecule has 0 unspecified atom stereocenters. The van der Waals surface area contributed by atoms with Gasteiger partial charge >= 0.3 is 0 Å². The zero-order valence-corrected chi connectivity index (χ0v) is 16.1. The summed E-state index contributed by atoms with van der Waals surface area (Å²) in [5.41, 5.74) is 1.25. The maximum Gasteiger partial charge on any atom is 0.225 e. The van der Waals surface area contributed by atoms with Crippen LogP contribution in [0.2, 0.25) is 0 Å². The Kier molecular flexibility index (Phi) is 6.08. The third-order valence-electron chi connectivity index (χ3n) is 6.43. The molecule has 4 nitrogen and oxygen atoms in total. The highest BCUT2D eigenvalue weighted by atomic mass is 16.1. The Labute approximate surface area is 152 Å². The zero-order valence-electron chi connectivity index (χ0n) is 16.1. The van der Waals surface area contributed by atoms with Gasteiger partial charge in [0.15, 0.2) is 0 Å². The van der Waals surface area contributed by atoms with Crippen LogP contribution in [0.25, 0.3) is 0 Å². The fourth-order valence-electron chi connectivity index (χ4n) is 4.51. The second kappa shape index (κ2) is 8.29. The van der Waals surface area contributed by atoms with Crippen LogP contribution in [0.15, 0.2) is 12.4 Å². The van der Waals surface area contributed by atoms with Crippen molar-refractivity contribution in [1.82, 2.24) is 9.97 Å². The van der Waals surface area contributed by atoms with Gasteiger partial charge in [-0.05, 0) is 61.8 Å². The Morgan fingerprint density at radius 3 is 2.20 bits per heavy atom. The topological polar surface area (TPSA) is 46.1 Å². The Morgan fingerprint density at radius 1 is 1.08 bits per heavy atom. The van der Waals surface area contributed by atoms with Crippen LogP contribution < -0.4 is 4.90 Å². The summed E-state index contributed by atoms with van der Waals surface area (Å²) in [6.45, 7) is 8.78. The van der Waals surface area contributed by atoms with Gasteiger partial charge in [0.25, 0.3) is 0 Å². The van der Waals surface area contributed by atoms with Crippen LogP contribution in [-0.2, 0) is 4.79 Å². The molecule has 0 aromatic carbocycles. The van der Waals surface area contributed by atoms with E-state index in [0.717, 1.165) is 56.6 Å². The second-order valence-corrected chi connectivity index (χ2v) is 8.25. The van der Waals surface area contributed by atoms with Gasteiger partial charge in [-0.2, -0.15) is 0 Å². The maximum absolute atomic E-state index is 11.9. The maximum atomic E-state index is 11.9. The van der Waals surface area contributed by atoms with E-state index in [9.17, 15) is 4.79 Å². The summed E-state index contributed by atoms with van der Waals surface area (Å²) in [6.07, 6.45) is 11.5. The van der Waals surface area contributed by atoms with Crippen LogP contribution in [-0.4, -0.2) is 28.8 Å². The number of carbonyl (C=O) groups is 1.